The summed E-state index contributed by atoms with van der Waals surface area (Å²) in [6.45, 7) is 1.37. The molecule has 0 N–H and O–H groups in total. The lowest BCUT2D eigenvalue weighted by molar-refractivity contribution is 0.0741. The molecule has 0 fully saturated rings. The zero-order chi connectivity index (χ0) is 25.6. The van der Waals surface area contributed by atoms with Crippen LogP contribution in [0.5, 0.6) is 0 Å². The third-order valence-corrected chi connectivity index (χ3v) is 6.74. The van der Waals surface area contributed by atoms with E-state index in [1.807, 2.05) is 58.0 Å². The Morgan fingerprint density at radius 3 is 2.51 bits per heavy atom. The van der Waals surface area contributed by atoms with E-state index >= 15 is 0 Å². The van der Waals surface area contributed by atoms with E-state index in [1.54, 1.807) is 30.7 Å². The van der Waals surface area contributed by atoms with Gasteiger partial charge in [0.15, 0.2) is 5.82 Å². The Balaban J connectivity index is 1.43. The first-order chi connectivity index (χ1) is 18.1. The first-order valence-electron chi connectivity index (χ1n) is 11.8. The van der Waals surface area contributed by atoms with E-state index in [0.29, 0.717) is 43.0 Å². The molecule has 0 bridgehead atoms. The number of rotatable bonds is 8. The molecule has 2 heterocycles. The highest BCUT2D eigenvalue weighted by Crippen LogP contribution is 2.20. The summed E-state index contributed by atoms with van der Waals surface area (Å²) >= 11 is 3.48. The predicted octanol–water partition coefficient (Wildman–Crippen LogP) is 5.39. The fraction of sp³-hybridized carbons (Fsp3) is 0.138. The number of hydrogen-bond donors (Lipinski definition) is 0. The standard InChI is InChI=1S/C29H23BrN6O/c30-24-11-9-21(10-12-24)14-16-35(29(37)26-13-15-32-27-4-2-1-3-25(26)27)19-28-34-33-20-36(28)18-23-7-5-22(17-31)6-8-23/h1-13,15,20H,14,16,18-19H2. The lowest BCUT2D eigenvalue weighted by Crippen LogP contribution is -2.34. The highest BCUT2D eigenvalue weighted by Gasteiger charge is 2.21. The summed E-state index contributed by atoms with van der Waals surface area (Å²) < 4.78 is 2.95. The monoisotopic (exact) mass is 550 g/mol. The highest BCUT2D eigenvalue weighted by molar-refractivity contribution is 9.10. The molecule has 0 saturated heterocycles. The second-order valence-electron chi connectivity index (χ2n) is 8.66. The number of nitrogens with zero attached hydrogens (tertiary/aromatic N) is 6. The molecule has 5 aromatic rings. The molecule has 0 radical (unpaired) electrons. The minimum absolute atomic E-state index is 0.0800. The summed E-state index contributed by atoms with van der Waals surface area (Å²) in [5, 5.41) is 18.4. The average molecular weight is 551 g/mol. The molecule has 1 amide bonds. The van der Waals surface area contributed by atoms with Crippen molar-refractivity contribution in [3.8, 4) is 6.07 Å². The minimum Gasteiger partial charge on any atom is -0.331 e. The number of amides is 1. The molecule has 3 aromatic carbocycles. The van der Waals surface area contributed by atoms with Crippen LogP contribution in [0.4, 0.5) is 0 Å². The van der Waals surface area contributed by atoms with Crippen molar-refractivity contribution < 1.29 is 4.79 Å². The van der Waals surface area contributed by atoms with Crippen LogP contribution >= 0.6 is 15.9 Å². The van der Waals surface area contributed by atoms with Gasteiger partial charge in [0.2, 0.25) is 0 Å². The average Bonchev–Trinajstić information content (AvgIpc) is 3.38. The van der Waals surface area contributed by atoms with Gasteiger partial charge in [-0.1, -0.05) is 58.4 Å². The third kappa shape index (κ3) is 5.74. The predicted molar refractivity (Wildman–Crippen MR) is 145 cm³/mol. The Morgan fingerprint density at radius 2 is 1.73 bits per heavy atom. The number of fused-ring (bicyclic) bond motifs is 1. The zero-order valence-corrected chi connectivity index (χ0v) is 21.5. The first-order valence-corrected chi connectivity index (χ1v) is 12.6. The Kier molecular flexibility index (Phi) is 7.33. The van der Waals surface area contributed by atoms with Gasteiger partial charge in [-0.15, -0.1) is 10.2 Å². The number of hydrogen-bond acceptors (Lipinski definition) is 5. The van der Waals surface area contributed by atoms with Crippen LogP contribution in [0.25, 0.3) is 10.9 Å². The quantitative estimate of drug-likeness (QED) is 0.258. The summed E-state index contributed by atoms with van der Waals surface area (Å²) in [6.07, 6.45) is 4.05. The van der Waals surface area contributed by atoms with Crippen molar-refractivity contribution in [1.82, 2.24) is 24.6 Å². The lowest BCUT2D eigenvalue weighted by atomic mass is 10.1. The summed E-state index contributed by atoms with van der Waals surface area (Å²) in [4.78, 5) is 20.1. The Morgan fingerprint density at radius 1 is 0.973 bits per heavy atom. The van der Waals surface area contributed by atoms with Crippen molar-refractivity contribution in [1.29, 1.82) is 5.26 Å². The van der Waals surface area contributed by atoms with Crippen molar-refractivity contribution in [2.24, 2.45) is 0 Å². The molecule has 0 unspecified atom stereocenters. The molecule has 2 aromatic heterocycles. The number of pyridine rings is 1. The van der Waals surface area contributed by atoms with Crippen LogP contribution in [0.3, 0.4) is 0 Å². The normalized spacial score (nSPS) is 10.8. The van der Waals surface area contributed by atoms with Crippen molar-refractivity contribution in [2.45, 2.75) is 19.5 Å². The van der Waals surface area contributed by atoms with Gasteiger partial charge in [-0.25, -0.2) is 0 Å². The van der Waals surface area contributed by atoms with Gasteiger partial charge in [0.05, 0.1) is 35.8 Å². The van der Waals surface area contributed by atoms with Gasteiger partial charge in [-0.3, -0.25) is 9.78 Å². The molecule has 8 heteroatoms. The number of carbonyl (C=O) groups is 1. The topological polar surface area (TPSA) is 87.7 Å². The number of nitriles is 1. The molecule has 0 aliphatic carbocycles. The van der Waals surface area contributed by atoms with Crippen LogP contribution in [0.1, 0.15) is 32.9 Å². The summed E-state index contributed by atoms with van der Waals surface area (Å²) in [5.74, 6) is 0.607. The molecule has 5 rings (SSSR count). The maximum Gasteiger partial charge on any atom is 0.255 e. The largest absolute Gasteiger partial charge is 0.331 e. The van der Waals surface area contributed by atoms with E-state index in [2.05, 4.69) is 49.3 Å². The van der Waals surface area contributed by atoms with E-state index < -0.39 is 0 Å². The molecule has 7 nitrogen and oxygen atoms in total. The van der Waals surface area contributed by atoms with Gasteiger partial charge in [0, 0.05) is 22.6 Å². The van der Waals surface area contributed by atoms with Gasteiger partial charge in [-0.05, 0) is 53.9 Å². The maximum absolute atomic E-state index is 13.9. The van der Waals surface area contributed by atoms with Crippen molar-refractivity contribution in [3.05, 3.63) is 124 Å². The van der Waals surface area contributed by atoms with E-state index in [-0.39, 0.29) is 5.91 Å². The van der Waals surface area contributed by atoms with Crippen LogP contribution in [0.15, 0.2) is 95.9 Å². The summed E-state index contributed by atoms with van der Waals surface area (Å²) in [5.41, 5.74) is 4.17. The second-order valence-corrected chi connectivity index (χ2v) is 9.58. The Labute approximate surface area is 223 Å². The molecule has 37 heavy (non-hydrogen) atoms. The molecule has 0 atom stereocenters. The molecule has 0 aliphatic rings. The van der Waals surface area contributed by atoms with Gasteiger partial charge < -0.3 is 9.47 Å². The van der Waals surface area contributed by atoms with Crippen LogP contribution < -0.4 is 0 Å². The Hall–Kier alpha value is -4.35. The summed E-state index contributed by atoms with van der Waals surface area (Å²) in [6, 6.07) is 27.1. The van der Waals surface area contributed by atoms with E-state index in [4.69, 9.17) is 5.26 Å². The van der Waals surface area contributed by atoms with Crippen LogP contribution in [-0.2, 0) is 19.5 Å². The number of halogens is 1. The molecule has 0 saturated carbocycles. The number of benzene rings is 3. The van der Waals surface area contributed by atoms with Crippen molar-refractivity contribution >= 4 is 32.7 Å². The second kappa shape index (κ2) is 11.1. The van der Waals surface area contributed by atoms with E-state index in [0.717, 1.165) is 26.5 Å². The molecule has 182 valence electrons. The van der Waals surface area contributed by atoms with Crippen LogP contribution in [-0.4, -0.2) is 37.1 Å². The number of aromatic nitrogens is 4. The summed E-state index contributed by atoms with van der Waals surface area (Å²) in [7, 11) is 0. The van der Waals surface area contributed by atoms with Crippen molar-refractivity contribution in [2.75, 3.05) is 6.54 Å². The number of para-hydroxylation sites is 1. The SMILES string of the molecule is N#Cc1ccc(Cn2cnnc2CN(CCc2ccc(Br)cc2)C(=O)c2ccnc3ccccc23)cc1. The smallest absolute Gasteiger partial charge is 0.255 e. The third-order valence-electron chi connectivity index (χ3n) is 6.21. The van der Waals surface area contributed by atoms with Crippen LogP contribution in [0, 0.1) is 11.3 Å². The lowest BCUT2D eigenvalue weighted by Gasteiger charge is -2.23. The van der Waals surface area contributed by atoms with Crippen molar-refractivity contribution in [3.63, 3.8) is 0 Å². The molecule has 0 spiro atoms. The van der Waals surface area contributed by atoms with Gasteiger partial charge in [0.1, 0.15) is 6.33 Å². The molecular weight excluding hydrogens is 528 g/mol. The minimum atomic E-state index is -0.0800. The number of carbonyl (C=O) groups excluding carboxylic acids is 1. The zero-order valence-electron chi connectivity index (χ0n) is 20.0. The maximum atomic E-state index is 13.9. The van der Waals surface area contributed by atoms with E-state index in [9.17, 15) is 4.79 Å². The first kappa shape index (κ1) is 24.3. The van der Waals surface area contributed by atoms with E-state index in [1.165, 1.54) is 0 Å². The fourth-order valence-electron chi connectivity index (χ4n) is 4.21. The Bertz CT molecular complexity index is 1570. The molecular formula is C29H23BrN6O. The molecule has 0 aliphatic heterocycles. The van der Waals surface area contributed by atoms with Crippen LogP contribution in [0.2, 0.25) is 0 Å². The fourth-order valence-corrected chi connectivity index (χ4v) is 4.47. The van der Waals surface area contributed by atoms with Gasteiger partial charge >= 0.3 is 0 Å². The van der Waals surface area contributed by atoms with Gasteiger partial charge in [0.25, 0.3) is 5.91 Å². The van der Waals surface area contributed by atoms with Gasteiger partial charge in [-0.2, -0.15) is 5.26 Å². The highest BCUT2D eigenvalue weighted by atomic mass is 79.9.